The van der Waals surface area contributed by atoms with E-state index in [1.165, 1.54) is 0 Å². The number of rotatable bonds is 10. The molecular weight excluding hydrogens is 422 g/mol. The van der Waals surface area contributed by atoms with Gasteiger partial charge in [-0.2, -0.15) is 0 Å². The third-order valence-corrected chi connectivity index (χ3v) is 5.39. The molecule has 1 amide bonds. The number of ketones is 1. The SMILES string of the molecule is CCOC(=O)c1sc(NC(=O)COc2ccc(C(=O)CC)cc2)c(C(=O)OCC)c1C. The Morgan fingerprint density at radius 3 is 2.13 bits per heavy atom. The predicted octanol–water partition coefficient (Wildman–Crippen LogP) is 4.02. The van der Waals surface area contributed by atoms with E-state index in [1.807, 2.05) is 0 Å². The molecule has 166 valence electrons. The standard InChI is InChI=1S/C22H25NO7S/c1-5-16(24)14-8-10-15(11-9-14)30-12-17(25)23-20-18(21(26)28-6-2)13(4)19(31-20)22(27)29-7-3/h8-11H,5-7,12H2,1-4H3,(H,23,25). The summed E-state index contributed by atoms with van der Waals surface area (Å²) >= 11 is 0.946. The van der Waals surface area contributed by atoms with Crippen LogP contribution in [0.3, 0.4) is 0 Å². The Hall–Kier alpha value is -3.20. The van der Waals surface area contributed by atoms with Gasteiger partial charge in [-0.05, 0) is 50.6 Å². The highest BCUT2D eigenvalue weighted by Crippen LogP contribution is 2.34. The molecule has 0 atom stereocenters. The molecule has 0 aliphatic carbocycles. The normalized spacial score (nSPS) is 10.3. The smallest absolute Gasteiger partial charge is 0.348 e. The summed E-state index contributed by atoms with van der Waals surface area (Å²) in [6, 6.07) is 6.47. The van der Waals surface area contributed by atoms with Crippen molar-refractivity contribution in [3.05, 3.63) is 45.8 Å². The summed E-state index contributed by atoms with van der Waals surface area (Å²) in [7, 11) is 0. The Labute approximate surface area is 184 Å². The summed E-state index contributed by atoms with van der Waals surface area (Å²) in [4.78, 5) is 48.9. The molecule has 1 N–H and O–H groups in total. The van der Waals surface area contributed by atoms with Crippen molar-refractivity contribution in [1.29, 1.82) is 0 Å². The maximum atomic E-state index is 12.4. The second-order valence-corrected chi connectivity index (χ2v) is 7.36. The molecule has 0 aliphatic heterocycles. The van der Waals surface area contributed by atoms with Crippen LogP contribution in [0.15, 0.2) is 24.3 Å². The van der Waals surface area contributed by atoms with E-state index in [2.05, 4.69) is 5.32 Å². The fraction of sp³-hybridized carbons (Fsp3) is 0.364. The molecule has 1 aromatic carbocycles. The van der Waals surface area contributed by atoms with Crippen LogP contribution < -0.4 is 10.1 Å². The average Bonchev–Trinajstić information content (AvgIpc) is 3.08. The van der Waals surface area contributed by atoms with Crippen LogP contribution in [-0.2, 0) is 14.3 Å². The Kier molecular flexibility index (Phi) is 8.75. The summed E-state index contributed by atoms with van der Waals surface area (Å²) in [6.07, 6.45) is 0.402. The highest BCUT2D eigenvalue weighted by molar-refractivity contribution is 7.18. The van der Waals surface area contributed by atoms with Crippen molar-refractivity contribution < 1.29 is 33.4 Å². The van der Waals surface area contributed by atoms with Crippen molar-refractivity contribution in [2.24, 2.45) is 0 Å². The van der Waals surface area contributed by atoms with Crippen molar-refractivity contribution >= 4 is 40.0 Å². The molecule has 9 heteroatoms. The number of amides is 1. The van der Waals surface area contributed by atoms with E-state index in [4.69, 9.17) is 14.2 Å². The van der Waals surface area contributed by atoms with E-state index < -0.39 is 17.8 Å². The second-order valence-electron chi connectivity index (χ2n) is 6.34. The summed E-state index contributed by atoms with van der Waals surface area (Å²) in [5.74, 6) is -1.30. The van der Waals surface area contributed by atoms with Crippen LogP contribution in [0.25, 0.3) is 0 Å². The first-order valence-electron chi connectivity index (χ1n) is 9.85. The van der Waals surface area contributed by atoms with Crippen molar-refractivity contribution in [3.8, 4) is 5.75 Å². The second kappa shape index (κ2) is 11.3. The molecule has 31 heavy (non-hydrogen) atoms. The van der Waals surface area contributed by atoms with Gasteiger partial charge in [-0.15, -0.1) is 11.3 Å². The molecule has 8 nitrogen and oxygen atoms in total. The van der Waals surface area contributed by atoms with Crippen LogP contribution >= 0.6 is 11.3 Å². The van der Waals surface area contributed by atoms with Gasteiger partial charge in [-0.1, -0.05) is 6.92 Å². The zero-order chi connectivity index (χ0) is 23.0. The number of esters is 2. The minimum atomic E-state index is -0.640. The van der Waals surface area contributed by atoms with Gasteiger partial charge in [0.1, 0.15) is 15.6 Å². The van der Waals surface area contributed by atoms with E-state index in [1.54, 1.807) is 52.0 Å². The number of hydrogen-bond donors (Lipinski definition) is 1. The van der Waals surface area contributed by atoms with Crippen molar-refractivity contribution in [3.63, 3.8) is 0 Å². The van der Waals surface area contributed by atoms with Crippen molar-refractivity contribution in [2.45, 2.75) is 34.1 Å². The quantitative estimate of drug-likeness (QED) is 0.433. The molecule has 2 rings (SSSR count). The van der Waals surface area contributed by atoms with Crippen molar-refractivity contribution in [2.75, 3.05) is 25.1 Å². The first-order valence-corrected chi connectivity index (χ1v) is 10.7. The molecule has 0 unspecified atom stereocenters. The summed E-state index contributed by atoms with van der Waals surface area (Å²) < 4.78 is 15.5. The van der Waals surface area contributed by atoms with E-state index >= 15 is 0 Å². The first-order chi connectivity index (χ1) is 14.8. The highest BCUT2D eigenvalue weighted by atomic mass is 32.1. The summed E-state index contributed by atoms with van der Waals surface area (Å²) in [5, 5.41) is 2.80. The lowest BCUT2D eigenvalue weighted by Crippen LogP contribution is -2.21. The van der Waals surface area contributed by atoms with Gasteiger partial charge in [0, 0.05) is 12.0 Å². The van der Waals surface area contributed by atoms with E-state index in [0.717, 1.165) is 11.3 Å². The Bertz CT molecular complexity index is 963. The number of benzene rings is 1. The average molecular weight is 448 g/mol. The van der Waals surface area contributed by atoms with Crippen LogP contribution in [0.5, 0.6) is 5.75 Å². The van der Waals surface area contributed by atoms with Gasteiger partial charge in [-0.3, -0.25) is 9.59 Å². The number of nitrogens with one attached hydrogen (secondary N) is 1. The zero-order valence-corrected chi connectivity index (χ0v) is 18.7. The fourth-order valence-corrected chi connectivity index (χ4v) is 3.80. The van der Waals surface area contributed by atoms with Gasteiger partial charge in [0.05, 0.1) is 18.8 Å². The van der Waals surface area contributed by atoms with Crippen LogP contribution in [0, 0.1) is 6.92 Å². The molecule has 0 bridgehead atoms. The maximum Gasteiger partial charge on any atom is 0.348 e. The van der Waals surface area contributed by atoms with Crippen molar-refractivity contribution in [1.82, 2.24) is 0 Å². The van der Waals surface area contributed by atoms with E-state index in [9.17, 15) is 19.2 Å². The lowest BCUT2D eigenvalue weighted by Gasteiger charge is -2.09. The topological polar surface area (TPSA) is 108 Å². The molecule has 0 fully saturated rings. The minimum absolute atomic E-state index is 0.0151. The first kappa shape index (κ1) is 24.1. The molecule has 1 heterocycles. The predicted molar refractivity (Wildman–Crippen MR) is 116 cm³/mol. The van der Waals surface area contributed by atoms with Gasteiger partial charge >= 0.3 is 11.9 Å². The molecule has 2 aromatic rings. The molecule has 0 aliphatic rings. The third-order valence-electron chi connectivity index (χ3n) is 4.21. The van der Waals surface area contributed by atoms with Gasteiger partial charge in [0.15, 0.2) is 12.4 Å². The Morgan fingerprint density at radius 2 is 1.55 bits per heavy atom. The third kappa shape index (κ3) is 6.14. The number of carbonyl (C=O) groups excluding carboxylic acids is 4. The number of anilines is 1. The van der Waals surface area contributed by atoms with Crippen LogP contribution in [-0.4, -0.2) is 43.4 Å². The number of hydrogen-bond acceptors (Lipinski definition) is 8. The minimum Gasteiger partial charge on any atom is -0.484 e. The molecule has 1 aromatic heterocycles. The van der Waals surface area contributed by atoms with Gasteiger partial charge < -0.3 is 19.5 Å². The molecular formula is C22H25NO7S. The van der Waals surface area contributed by atoms with Gasteiger partial charge in [0.25, 0.3) is 5.91 Å². The lowest BCUT2D eigenvalue weighted by molar-refractivity contribution is -0.118. The summed E-state index contributed by atoms with van der Waals surface area (Å²) in [6.45, 7) is 6.73. The highest BCUT2D eigenvalue weighted by Gasteiger charge is 2.27. The Morgan fingerprint density at radius 1 is 0.935 bits per heavy atom. The summed E-state index contributed by atoms with van der Waals surface area (Å²) in [5.41, 5.74) is 1.07. The number of carbonyl (C=O) groups is 4. The van der Waals surface area contributed by atoms with Crippen LogP contribution in [0.4, 0.5) is 5.00 Å². The molecule has 0 radical (unpaired) electrons. The Balaban J connectivity index is 2.13. The number of thiophene rings is 1. The lowest BCUT2D eigenvalue weighted by atomic mass is 10.1. The van der Waals surface area contributed by atoms with Crippen LogP contribution in [0.2, 0.25) is 0 Å². The molecule has 0 saturated carbocycles. The monoisotopic (exact) mass is 447 g/mol. The zero-order valence-electron chi connectivity index (χ0n) is 17.9. The van der Waals surface area contributed by atoms with Gasteiger partial charge in [-0.25, -0.2) is 9.59 Å². The van der Waals surface area contributed by atoms with E-state index in [-0.39, 0.29) is 41.0 Å². The van der Waals surface area contributed by atoms with Crippen LogP contribution in [0.1, 0.15) is 63.1 Å². The number of Topliss-reactive ketones (excluding diaryl/α,β-unsaturated/α-hetero) is 1. The fourth-order valence-electron chi connectivity index (χ4n) is 2.69. The van der Waals surface area contributed by atoms with Gasteiger partial charge in [0.2, 0.25) is 0 Å². The maximum absolute atomic E-state index is 12.4. The van der Waals surface area contributed by atoms with E-state index in [0.29, 0.717) is 23.3 Å². The largest absolute Gasteiger partial charge is 0.484 e. The number of ether oxygens (including phenoxy) is 3. The molecule has 0 saturated heterocycles. The molecule has 0 spiro atoms.